The molecule has 0 saturated carbocycles. The lowest BCUT2D eigenvalue weighted by Gasteiger charge is -2.30. The van der Waals surface area contributed by atoms with Crippen LogP contribution in [-0.2, 0) is 29.1 Å². The molecule has 0 bridgehead atoms. The Bertz CT molecular complexity index is 1520. The molecule has 2 heterocycles. The maximum atomic E-state index is 13.8. The van der Waals surface area contributed by atoms with Gasteiger partial charge in [-0.3, -0.25) is 9.59 Å². The van der Waals surface area contributed by atoms with Gasteiger partial charge in [0.05, 0.1) is 0 Å². The van der Waals surface area contributed by atoms with Crippen LogP contribution >= 0.6 is 23.8 Å². The largest absolute Gasteiger partial charge is 0.361 e. The molecule has 0 radical (unpaired) electrons. The first kappa shape index (κ1) is 28.6. The van der Waals surface area contributed by atoms with Gasteiger partial charge in [0.2, 0.25) is 11.8 Å². The standard InChI is InChI=1S/C32H34ClN5O2S/c1-37(21-22-10-3-2-4-11-22)31(40)28(18-24-20-34-27-15-8-6-13-25(24)27)36-30(39)29-16-9-17-38(29)32(41)35-19-23-12-5-7-14-26(23)33/h2-8,10-15,20,28-29,34H,9,16-19,21H2,1H3,(H,35,41)(H,36,39)/t28-,29-/m0/s1. The predicted octanol–water partition coefficient (Wildman–Crippen LogP) is 5.05. The zero-order valence-corrected chi connectivity index (χ0v) is 24.5. The van der Waals surface area contributed by atoms with Crippen molar-refractivity contribution in [2.75, 3.05) is 13.6 Å². The summed E-state index contributed by atoms with van der Waals surface area (Å²) in [5.74, 6) is -0.341. The van der Waals surface area contributed by atoms with E-state index in [-0.39, 0.29) is 11.8 Å². The van der Waals surface area contributed by atoms with Gasteiger partial charge < -0.3 is 25.4 Å². The molecule has 0 spiro atoms. The number of hydrogen-bond acceptors (Lipinski definition) is 3. The number of carbonyl (C=O) groups is 2. The monoisotopic (exact) mass is 587 g/mol. The first-order valence-corrected chi connectivity index (χ1v) is 14.6. The summed E-state index contributed by atoms with van der Waals surface area (Å²) >= 11 is 12.0. The highest BCUT2D eigenvalue weighted by Crippen LogP contribution is 2.22. The maximum Gasteiger partial charge on any atom is 0.245 e. The van der Waals surface area contributed by atoms with Crippen LogP contribution in [0.25, 0.3) is 10.9 Å². The number of H-pyrrole nitrogens is 1. The molecule has 212 valence electrons. The van der Waals surface area contributed by atoms with E-state index in [1.165, 1.54) is 0 Å². The molecular weight excluding hydrogens is 554 g/mol. The average Bonchev–Trinajstić information content (AvgIpc) is 3.64. The number of para-hydroxylation sites is 1. The molecule has 5 rings (SSSR count). The topological polar surface area (TPSA) is 80.5 Å². The average molecular weight is 588 g/mol. The van der Waals surface area contributed by atoms with Gasteiger partial charge in [-0.15, -0.1) is 0 Å². The summed E-state index contributed by atoms with van der Waals surface area (Å²) in [4.78, 5) is 34.4. The molecule has 7 nitrogen and oxygen atoms in total. The van der Waals surface area contributed by atoms with Crippen LogP contribution in [0.4, 0.5) is 0 Å². The van der Waals surface area contributed by atoms with Crippen molar-refractivity contribution in [1.29, 1.82) is 0 Å². The highest BCUT2D eigenvalue weighted by Gasteiger charge is 2.35. The molecule has 2 amide bonds. The third-order valence-corrected chi connectivity index (χ3v) is 8.30. The Balaban J connectivity index is 1.31. The summed E-state index contributed by atoms with van der Waals surface area (Å²) in [6.45, 7) is 1.59. The fraction of sp³-hybridized carbons (Fsp3) is 0.281. The minimum absolute atomic E-state index is 0.142. The number of nitrogens with zero attached hydrogens (tertiary/aromatic N) is 2. The smallest absolute Gasteiger partial charge is 0.245 e. The Morgan fingerprint density at radius 3 is 2.59 bits per heavy atom. The van der Waals surface area contributed by atoms with Gasteiger partial charge in [0, 0.05) is 55.2 Å². The van der Waals surface area contributed by atoms with Crippen LogP contribution < -0.4 is 10.6 Å². The van der Waals surface area contributed by atoms with E-state index in [4.69, 9.17) is 23.8 Å². The second-order valence-electron chi connectivity index (χ2n) is 10.4. The molecule has 9 heteroatoms. The minimum atomic E-state index is -0.734. The molecule has 1 fully saturated rings. The Labute approximate surface area is 250 Å². The molecule has 0 unspecified atom stereocenters. The van der Waals surface area contributed by atoms with Gasteiger partial charge in [-0.05, 0) is 53.9 Å². The van der Waals surface area contributed by atoms with Crippen LogP contribution in [0.5, 0.6) is 0 Å². The van der Waals surface area contributed by atoms with Gasteiger partial charge in [0.1, 0.15) is 12.1 Å². The molecule has 4 aromatic rings. The van der Waals surface area contributed by atoms with Crippen molar-refractivity contribution in [2.45, 2.75) is 44.4 Å². The number of likely N-dealkylation sites (tertiary alicyclic amines) is 1. The van der Waals surface area contributed by atoms with Crippen LogP contribution in [0.15, 0.2) is 85.1 Å². The van der Waals surface area contributed by atoms with E-state index in [9.17, 15) is 9.59 Å². The maximum absolute atomic E-state index is 13.8. The molecule has 3 aromatic carbocycles. The number of hydrogen-bond donors (Lipinski definition) is 3. The van der Waals surface area contributed by atoms with Gasteiger partial charge in [-0.1, -0.05) is 78.3 Å². The zero-order chi connectivity index (χ0) is 28.8. The molecule has 1 aliphatic rings. The van der Waals surface area contributed by atoms with Crippen molar-refractivity contribution in [3.63, 3.8) is 0 Å². The summed E-state index contributed by atoms with van der Waals surface area (Å²) in [5.41, 5.74) is 3.93. The summed E-state index contributed by atoms with van der Waals surface area (Å²) in [6, 6.07) is 24.2. The van der Waals surface area contributed by atoms with Crippen molar-refractivity contribution in [1.82, 2.24) is 25.4 Å². The van der Waals surface area contributed by atoms with Crippen molar-refractivity contribution in [3.05, 3.63) is 107 Å². The van der Waals surface area contributed by atoms with Crippen LogP contribution in [-0.4, -0.2) is 57.4 Å². The number of amides is 2. The molecule has 41 heavy (non-hydrogen) atoms. The second kappa shape index (κ2) is 13.2. The number of aromatic amines is 1. The first-order valence-electron chi connectivity index (χ1n) is 13.8. The van der Waals surface area contributed by atoms with Crippen LogP contribution in [0, 0.1) is 0 Å². The minimum Gasteiger partial charge on any atom is -0.361 e. The van der Waals surface area contributed by atoms with E-state index in [0.29, 0.717) is 42.6 Å². The molecular formula is C32H34ClN5O2S. The number of fused-ring (bicyclic) bond motifs is 1. The summed E-state index contributed by atoms with van der Waals surface area (Å²) in [7, 11) is 1.78. The van der Waals surface area contributed by atoms with E-state index in [0.717, 1.165) is 34.0 Å². The number of thiocarbonyl (C=S) groups is 1. The number of carbonyl (C=O) groups excluding carboxylic acids is 2. The Morgan fingerprint density at radius 1 is 1.05 bits per heavy atom. The Hall–Kier alpha value is -3.88. The van der Waals surface area contributed by atoms with Gasteiger partial charge in [-0.2, -0.15) is 0 Å². The molecule has 1 saturated heterocycles. The zero-order valence-electron chi connectivity index (χ0n) is 23.0. The number of benzene rings is 3. The molecule has 0 aliphatic carbocycles. The van der Waals surface area contributed by atoms with Gasteiger partial charge in [0.15, 0.2) is 5.11 Å². The van der Waals surface area contributed by atoms with E-state index in [1.54, 1.807) is 11.9 Å². The first-order chi connectivity index (χ1) is 19.9. The number of aromatic nitrogens is 1. The van der Waals surface area contributed by atoms with Crippen molar-refractivity contribution >= 4 is 51.6 Å². The molecule has 1 aromatic heterocycles. The summed E-state index contributed by atoms with van der Waals surface area (Å²) < 4.78 is 0. The fourth-order valence-corrected chi connectivity index (χ4v) is 5.88. The lowest BCUT2D eigenvalue weighted by atomic mass is 10.0. The Morgan fingerprint density at radius 2 is 1.78 bits per heavy atom. The summed E-state index contributed by atoms with van der Waals surface area (Å²) in [5, 5.41) is 8.57. The Kier molecular flexibility index (Phi) is 9.21. The highest BCUT2D eigenvalue weighted by atomic mass is 35.5. The quantitative estimate of drug-likeness (QED) is 0.239. The van der Waals surface area contributed by atoms with E-state index >= 15 is 0 Å². The molecule has 2 atom stereocenters. The van der Waals surface area contributed by atoms with Crippen molar-refractivity contribution in [3.8, 4) is 0 Å². The number of nitrogens with one attached hydrogen (secondary N) is 3. The summed E-state index contributed by atoms with van der Waals surface area (Å²) in [6.07, 6.45) is 3.79. The third kappa shape index (κ3) is 6.89. The SMILES string of the molecule is CN(Cc1ccccc1)C(=O)[C@H](Cc1c[nH]c2ccccc12)NC(=O)[C@@H]1CCCN1C(=S)NCc1ccccc1Cl. The van der Waals surface area contributed by atoms with Crippen LogP contribution in [0.2, 0.25) is 5.02 Å². The van der Waals surface area contributed by atoms with Crippen molar-refractivity contribution in [2.24, 2.45) is 0 Å². The second-order valence-corrected chi connectivity index (χ2v) is 11.2. The molecule has 1 aliphatic heterocycles. The third-order valence-electron chi connectivity index (χ3n) is 7.56. The van der Waals surface area contributed by atoms with Gasteiger partial charge in [0.25, 0.3) is 0 Å². The highest BCUT2D eigenvalue weighted by molar-refractivity contribution is 7.80. The van der Waals surface area contributed by atoms with Crippen LogP contribution in [0.3, 0.4) is 0 Å². The lowest BCUT2D eigenvalue weighted by molar-refractivity contribution is -0.136. The van der Waals surface area contributed by atoms with Crippen molar-refractivity contribution < 1.29 is 9.59 Å². The predicted molar refractivity (Wildman–Crippen MR) is 167 cm³/mol. The number of rotatable bonds is 9. The van der Waals surface area contributed by atoms with Gasteiger partial charge in [-0.25, -0.2) is 0 Å². The van der Waals surface area contributed by atoms with Crippen LogP contribution in [0.1, 0.15) is 29.5 Å². The van der Waals surface area contributed by atoms with Gasteiger partial charge >= 0.3 is 0 Å². The van der Waals surface area contributed by atoms with E-state index < -0.39 is 12.1 Å². The molecule has 3 N–H and O–H groups in total. The number of halogens is 1. The fourth-order valence-electron chi connectivity index (χ4n) is 5.39. The lowest BCUT2D eigenvalue weighted by Crippen LogP contribution is -2.55. The van der Waals surface area contributed by atoms with E-state index in [2.05, 4.69) is 15.6 Å². The number of likely N-dealkylation sites (N-methyl/N-ethyl adjacent to an activating group) is 1. The normalized spacial score (nSPS) is 15.5. The van der Waals surface area contributed by atoms with E-state index in [1.807, 2.05) is 90.0 Å².